The van der Waals surface area contributed by atoms with Gasteiger partial charge >= 0.3 is 0 Å². The molecular formula is C21H17N5O2. The number of carbonyl (C=O) groups excluding carboxylic acids is 1. The molecule has 4 N–H and O–H groups in total. The van der Waals surface area contributed by atoms with Crippen LogP contribution < -0.4 is 5.73 Å². The van der Waals surface area contributed by atoms with Gasteiger partial charge in [0.05, 0.1) is 28.5 Å². The van der Waals surface area contributed by atoms with E-state index in [9.17, 15) is 9.90 Å². The minimum Gasteiger partial charge on any atom is -0.508 e. The number of allylic oxidation sites excluding steroid dienone is 1. The van der Waals surface area contributed by atoms with E-state index < -0.39 is 0 Å². The number of aryl methyl sites for hydroxylation is 1. The van der Waals surface area contributed by atoms with Crippen molar-refractivity contribution in [1.29, 1.82) is 0 Å². The van der Waals surface area contributed by atoms with Crippen molar-refractivity contribution in [3.63, 3.8) is 0 Å². The van der Waals surface area contributed by atoms with Gasteiger partial charge in [0.2, 0.25) is 0 Å². The molecule has 1 aliphatic rings. The number of aromatic nitrogens is 4. The van der Waals surface area contributed by atoms with Gasteiger partial charge in [-0.05, 0) is 54.5 Å². The van der Waals surface area contributed by atoms with Crippen LogP contribution in [0.5, 0.6) is 5.75 Å². The molecule has 0 saturated heterocycles. The maximum Gasteiger partial charge on any atom is 0.194 e. The third-order valence-corrected chi connectivity index (χ3v) is 5.01. The highest BCUT2D eigenvalue weighted by Gasteiger charge is 2.24. The first-order valence-corrected chi connectivity index (χ1v) is 8.87. The van der Waals surface area contributed by atoms with E-state index in [-0.39, 0.29) is 11.5 Å². The molecule has 28 heavy (non-hydrogen) atoms. The van der Waals surface area contributed by atoms with Crippen molar-refractivity contribution in [3.8, 4) is 11.4 Å². The number of Topliss-reactive ketones (excluding diaryl/α,β-unsaturated/α-hetero) is 1. The van der Waals surface area contributed by atoms with Crippen LogP contribution in [0.3, 0.4) is 0 Å². The minimum absolute atomic E-state index is 0.155. The van der Waals surface area contributed by atoms with Gasteiger partial charge in [-0.3, -0.25) is 4.79 Å². The van der Waals surface area contributed by atoms with Crippen LogP contribution in [0.4, 0.5) is 5.82 Å². The fraction of sp³-hybridized carbons (Fsp3) is 0.0952. The number of aromatic amines is 1. The third kappa shape index (κ3) is 2.48. The Kier molecular flexibility index (Phi) is 3.39. The molecule has 0 aliphatic heterocycles. The molecular weight excluding hydrogens is 354 g/mol. The summed E-state index contributed by atoms with van der Waals surface area (Å²) in [6.07, 6.45) is 3.81. The smallest absolute Gasteiger partial charge is 0.194 e. The van der Waals surface area contributed by atoms with E-state index in [1.165, 1.54) is 6.20 Å². The van der Waals surface area contributed by atoms with Crippen LogP contribution in [-0.2, 0) is 6.42 Å². The topological polar surface area (TPSA) is 110 Å². The van der Waals surface area contributed by atoms with Gasteiger partial charge in [-0.2, -0.15) is 5.10 Å². The van der Waals surface area contributed by atoms with Crippen LogP contribution in [-0.4, -0.2) is 30.6 Å². The summed E-state index contributed by atoms with van der Waals surface area (Å²) in [5.41, 5.74) is 11.6. The van der Waals surface area contributed by atoms with Crippen molar-refractivity contribution < 1.29 is 9.90 Å². The maximum atomic E-state index is 13.0. The fourth-order valence-corrected chi connectivity index (χ4v) is 3.64. The Hall–Kier alpha value is -3.87. The molecule has 0 spiro atoms. The second-order valence-corrected chi connectivity index (χ2v) is 6.94. The number of aromatic hydroxyl groups is 1. The highest BCUT2D eigenvalue weighted by Crippen LogP contribution is 2.31. The van der Waals surface area contributed by atoms with Gasteiger partial charge in [0.25, 0.3) is 0 Å². The summed E-state index contributed by atoms with van der Waals surface area (Å²) in [4.78, 5) is 20.6. The van der Waals surface area contributed by atoms with Crippen LogP contribution in [0, 0.1) is 6.92 Å². The van der Waals surface area contributed by atoms with Crippen molar-refractivity contribution >= 4 is 28.7 Å². The van der Waals surface area contributed by atoms with E-state index in [0.29, 0.717) is 23.4 Å². The predicted molar refractivity (Wildman–Crippen MR) is 106 cm³/mol. The molecule has 4 aromatic rings. The lowest BCUT2D eigenvalue weighted by Crippen LogP contribution is -2.08. The molecule has 7 nitrogen and oxygen atoms in total. The summed E-state index contributed by atoms with van der Waals surface area (Å²) in [7, 11) is 0. The number of fused-ring (bicyclic) bond motifs is 2. The number of nitrogen functional groups attached to an aromatic ring is 1. The number of benzene rings is 2. The number of hydrogen-bond acceptors (Lipinski definition) is 5. The molecule has 0 amide bonds. The summed E-state index contributed by atoms with van der Waals surface area (Å²) in [6.45, 7) is 1.89. The van der Waals surface area contributed by atoms with Crippen molar-refractivity contribution in [1.82, 2.24) is 19.7 Å². The van der Waals surface area contributed by atoms with Crippen LogP contribution >= 0.6 is 0 Å². The number of carbonyl (C=O) groups is 1. The van der Waals surface area contributed by atoms with Crippen molar-refractivity contribution in [2.24, 2.45) is 0 Å². The molecule has 0 bridgehead atoms. The van der Waals surface area contributed by atoms with E-state index in [1.54, 1.807) is 22.9 Å². The van der Waals surface area contributed by atoms with E-state index in [4.69, 9.17) is 5.73 Å². The van der Waals surface area contributed by atoms with Crippen LogP contribution in [0.25, 0.3) is 22.8 Å². The summed E-state index contributed by atoms with van der Waals surface area (Å²) >= 11 is 0. The number of nitrogens with two attached hydrogens (primary N) is 1. The molecule has 5 rings (SSSR count). The van der Waals surface area contributed by atoms with Gasteiger partial charge < -0.3 is 15.8 Å². The quantitative estimate of drug-likeness (QED) is 0.479. The molecule has 2 aromatic heterocycles. The molecule has 2 heterocycles. The fourth-order valence-electron chi connectivity index (χ4n) is 3.64. The number of rotatable bonds is 3. The van der Waals surface area contributed by atoms with E-state index in [0.717, 1.165) is 33.7 Å². The number of anilines is 1. The number of phenols is 1. The zero-order valence-electron chi connectivity index (χ0n) is 15.1. The number of nitrogens with zero attached hydrogens (tertiary/aromatic N) is 3. The highest BCUT2D eigenvalue weighted by atomic mass is 16.3. The summed E-state index contributed by atoms with van der Waals surface area (Å²) in [6, 6.07) is 10.8. The molecule has 0 atom stereocenters. The molecule has 138 valence electrons. The second kappa shape index (κ2) is 5.82. The number of nitrogens with one attached hydrogen (secondary N) is 1. The normalized spacial score (nSPS) is 13.0. The molecule has 0 saturated carbocycles. The van der Waals surface area contributed by atoms with Gasteiger partial charge in [-0.15, -0.1) is 0 Å². The number of hydrogen-bond donors (Lipinski definition) is 3. The Morgan fingerprint density at radius 3 is 2.96 bits per heavy atom. The van der Waals surface area contributed by atoms with E-state index >= 15 is 0 Å². The lowest BCUT2D eigenvalue weighted by Gasteiger charge is -2.05. The predicted octanol–water partition coefficient (Wildman–Crippen LogP) is 3.17. The van der Waals surface area contributed by atoms with Gasteiger partial charge in [-0.1, -0.05) is 6.07 Å². The van der Waals surface area contributed by atoms with Crippen LogP contribution in [0.2, 0.25) is 0 Å². The molecule has 0 radical (unpaired) electrons. The van der Waals surface area contributed by atoms with Crippen molar-refractivity contribution in [3.05, 3.63) is 70.7 Å². The van der Waals surface area contributed by atoms with E-state index in [1.807, 2.05) is 31.2 Å². The SMILES string of the molecule is Cc1nc2ccc(-n3ncc(C(=O)C4=Cc5ccc(O)cc5C4)c3N)cc2[nH]1. The Balaban J connectivity index is 1.49. The second-order valence-electron chi connectivity index (χ2n) is 6.94. The number of phenolic OH excluding ortho intramolecular Hbond substituents is 1. The van der Waals surface area contributed by atoms with Crippen LogP contribution in [0.15, 0.2) is 48.2 Å². The average Bonchev–Trinajstić information content (AvgIpc) is 3.35. The Bertz CT molecular complexity index is 1300. The molecule has 7 heteroatoms. The lowest BCUT2D eigenvalue weighted by molar-refractivity contribution is 0.103. The largest absolute Gasteiger partial charge is 0.508 e. The molecule has 1 aliphatic carbocycles. The Morgan fingerprint density at radius 1 is 1.25 bits per heavy atom. The zero-order valence-corrected chi connectivity index (χ0v) is 15.1. The maximum absolute atomic E-state index is 13.0. The Labute approximate surface area is 160 Å². The summed E-state index contributed by atoms with van der Waals surface area (Å²) < 4.78 is 1.55. The van der Waals surface area contributed by atoms with E-state index in [2.05, 4.69) is 15.1 Å². The standard InChI is InChI=1S/C21H17N5O2/c1-11-24-18-5-3-15(9-19(18)25-11)26-21(22)17(10-23-26)20(28)14-6-12-2-4-16(27)8-13(12)7-14/h2-6,8-10,27H,7,22H2,1H3,(H,24,25). The molecule has 2 aromatic carbocycles. The minimum atomic E-state index is -0.155. The van der Waals surface area contributed by atoms with Gasteiger partial charge in [-0.25, -0.2) is 9.67 Å². The molecule has 0 unspecified atom stereocenters. The van der Waals surface area contributed by atoms with Gasteiger partial charge in [0, 0.05) is 12.0 Å². The molecule has 0 fully saturated rings. The highest BCUT2D eigenvalue weighted by molar-refractivity contribution is 6.15. The zero-order chi connectivity index (χ0) is 19.4. The van der Waals surface area contributed by atoms with Crippen LogP contribution in [0.1, 0.15) is 27.3 Å². The summed E-state index contributed by atoms with van der Waals surface area (Å²) in [5, 5.41) is 14.0. The van der Waals surface area contributed by atoms with Crippen molar-refractivity contribution in [2.75, 3.05) is 5.73 Å². The number of imidazole rings is 1. The first-order chi connectivity index (χ1) is 13.5. The Morgan fingerprint density at radius 2 is 2.11 bits per heavy atom. The summed E-state index contributed by atoms with van der Waals surface area (Å²) in [5.74, 6) is 1.16. The van der Waals surface area contributed by atoms with Gasteiger partial charge in [0.15, 0.2) is 5.78 Å². The van der Waals surface area contributed by atoms with Gasteiger partial charge in [0.1, 0.15) is 17.4 Å². The number of ketones is 1. The third-order valence-electron chi connectivity index (χ3n) is 5.01. The van der Waals surface area contributed by atoms with Crippen molar-refractivity contribution in [2.45, 2.75) is 13.3 Å². The first kappa shape index (κ1) is 16.3. The number of H-pyrrole nitrogens is 1. The average molecular weight is 371 g/mol. The first-order valence-electron chi connectivity index (χ1n) is 8.87. The lowest BCUT2D eigenvalue weighted by atomic mass is 10.0. The monoisotopic (exact) mass is 371 g/mol.